The third-order valence-electron chi connectivity index (χ3n) is 5.36. The Hall–Kier alpha value is -2.57. The number of carbonyl (C=O) groups is 1. The van der Waals surface area contributed by atoms with Crippen LogP contribution in [0.1, 0.15) is 24.0 Å². The lowest BCUT2D eigenvalue weighted by Gasteiger charge is -2.32. The van der Waals surface area contributed by atoms with Crippen LogP contribution in [-0.4, -0.2) is 43.8 Å². The number of carbonyl (C=O) groups excluding carboxylic acids is 1. The monoisotopic (exact) mass is 396 g/mol. The maximum Gasteiger partial charge on any atom is 0.234 e. The van der Waals surface area contributed by atoms with Gasteiger partial charge in [0.2, 0.25) is 12.7 Å². The van der Waals surface area contributed by atoms with E-state index in [4.69, 9.17) is 14.2 Å². The average Bonchev–Trinajstić information content (AvgIpc) is 3.21. The van der Waals surface area contributed by atoms with Crippen molar-refractivity contribution in [2.45, 2.75) is 26.0 Å². The van der Waals surface area contributed by atoms with Crippen molar-refractivity contribution in [3.63, 3.8) is 0 Å². The van der Waals surface area contributed by atoms with E-state index in [0.717, 1.165) is 49.6 Å². The molecule has 1 fully saturated rings. The van der Waals surface area contributed by atoms with Crippen LogP contribution in [0.2, 0.25) is 0 Å². The van der Waals surface area contributed by atoms with E-state index in [9.17, 15) is 4.79 Å². The van der Waals surface area contributed by atoms with Crippen LogP contribution in [0.15, 0.2) is 48.5 Å². The van der Waals surface area contributed by atoms with Crippen LogP contribution in [0, 0.1) is 5.92 Å². The predicted molar refractivity (Wildman–Crippen MR) is 110 cm³/mol. The summed E-state index contributed by atoms with van der Waals surface area (Å²) in [5.74, 6) is 2.03. The van der Waals surface area contributed by atoms with Gasteiger partial charge in [0.05, 0.1) is 19.8 Å². The van der Waals surface area contributed by atoms with Gasteiger partial charge in [-0.25, -0.2) is 0 Å². The van der Waals surface area contributed by atoms with E-state index in [1.54, 1.807) is 0 Å². The SMILES string of the molecule is O=C(CN1CCC[C@@H](COCc2ccccc2)C1)NCc1ccc2c(c1)OCO2. The van der Waals surface area contributed by atoms with Crippen molar-refractivity contribution >= 4 is 5.91 Å². The first-order valence-corrected chi connectivity index (χ1v) is 10.3. The van der Waals surface area contributed by atoms with E-state index in [1.165, 1.54) is 5.56 Å². The Kier molecular flexibility index (Phi) is 6.64. The van der Waals surface area contributed by atoms with Gasteiger partial charge in [-0.15, -0.1) is 0 Å². The van der Waals surface area contributed by atoms with Crippen LogP contribution in [0.25, 0.3) is 0 Å². The highest BCUT2D eigenvalue weighted by molar-refractivity contribution is 5.78. The summed E-state index contributed by atoms with van der Waals surface area (Å²) in [7, 11) is 0. The number of amides is 1. The van der Waals surface area contributed by atoms with E-state index in [0.29, 0.717) is 25.6 Å². The van der Waals surface area contributed by atoms with Crippen molar-refractivity contribution in [3.05, 3.63) is 59.7 Å². The number of hydrogen-bond donors (Lipinski definition) is 1. The fourth-order valence-corrected chi connectivity index (χ4v) is 3.86. The number of rotatable bonds is 8. The number of ether oxygens (including phenoxy) is 3. The zero-order valence-corrected chi connectivity index (χ0v) is 16.6. The molecule has 2 aliphatic heterocycles. The summed E-state index contributed by atoms with van der Waals surface area (Å²) in [6, 6.07) is 16.0. The molecule has 0 spiro atoms. The molecular formula is C23H28N2O4. The fourth-order valence-electron chi connectivity index (χ4n) is 3.86. The number of benzene rings is 2. The van der Waals surface area contributed by atoms with Crippen molar-refractivity contribution in [3.8, 4) is 11.5 Å². The summed E-state index contributed by atoms with van der Waals surface area (Å²) < 4.78 is 16.6. The van der Waals surface area contributed by atoms with Gasteiger partial charge in [0.25, 0.3) is 0 Å². The second-order valence-corrected chi connectivity index (χ2v) is 7.71. The predicted octanol–water partition coefficient (Wildman–Crippen LogP) is 2.96. The van der Waals surface area contributed by atoms with E-state index in [2.05, 4.69) is 22.3 Å². The number of piperidine rings is 1. The molecule has 154 valence electrons. The number of likely N-dealkylation sites (tertiary alicyclic amines) is 1. The molecule has 1 atom stereocenters. The Morgan fingerprint density at radius 1 is 1.10 bits per heavy atom. The molecule has 6 heteroatoms. The zero-order valence-electron chi connectivity index (χ0n) is 16.6. The van der Waals surface area contributed by atoms with Gasteiger partial charge in [-0.2, -0.15) is 0 Å². The summed E-state index contributed by atoms with van der Waals surface area (Å²) in [5, 5.41) is 3.01. The quantitative estimate of drug-likeness (QED) is 0.743. The van der Waals surface area contributed by atoms with Gasteiger partial charge in [-0.3, -0.25) is 9.69 Å². The molecule has 1 N–H and O–H groups in total. The maximum atomic E-state index is 12.4. The van der Waals surface area contributed by atoms with E-state index < -0.39 is 0 Å². The molecule has 2 aliphatic rings. The molecule has 1 saturated heterocycles. The van der Waals surface area contributed by atoms with Gasteiger partial charge in [-0.05, 0) is 48.6 Å². The van der Waals surface area contributed by atoms with Crippen LogP contribution in [0.3, 0.4) is 0 Å². The highest BCUT2D eigenvalue weighted by atomic mass is 16.7. The zero-order chi connectivity index (χ0) is 19.9. The van der Waals surface area contributed by atoms with Crippen LogP contribution in [0.4, 0.5) is 0 Å². The first kappa shape index (κ1) is 19.7. The van der Waals surface area contributed by atoms with Crippen LogP contribution >= 0.6 is 0 Å². The maximum absolute atomic E-state index is 12.4. The largest absolute Gasteiger partial charge is 0.454 e. The molecule has 0 unspecified atom stereocenters. The first-order chi connectivity index (χ1) is 14.3. The van der Waals surface area contributed by atoms with Crippen molar-refractivity contribution in [1.29, 1.82) is 0 Å². The summed E-state index contributed by atoms with van der Waals surface area (Å²) in [5.41, 5.74) is 2.21. The molecule has 1 amide bonds. The Balaban J connectivity index is 1.17. The molecule has 0 bridgehead atoms. The van der Waals surface area contributed by atoms with Crippen molar-refractivity contribution in [2.75, 3.05) is 33.0 Å². The minimum Gasteiger partial charge on any atom is -0.454 e. The Morgan fingerprint density at radius 3 is 2.86 bits per heavy atom. The van der Waals surface area contributed by atoms with Crippen molar-refractivity contribution < 1.29 is 19.0 Å². The van der Waals surface area contributed by atoms with Crippen molar-refractivity contribution in [1.82, 2.24) is 10.2 Å². The standard InChI is InChI=1S/C23H28N2O4/c26-23(24-12-19-8-9-21-22(11-19)29-17-28-21)14-25-10-4-7-20(13-25)16-27-15-18-5-2-1-3-6-18/h1-3,5-6,8-9,11,20H,4,7,10,12-17H2,(H,24,26)/t20-/m1/s1. The molecule has 2 aromatic rings. The summed E-state index contributed by atoms with van der Waals surface area (Å²) in [6.07, 6.45) is 2.26. The van der Waals surface area contributed by atoms with Gasteiger partial charge >= 0.3 is 0 Å². The molecule has 2 aromatic carbocycles. The Morgan fingerprint density at radius 2 is 1.97 bits per heavy atom. The summed E-state index contributed by atoms with van der Waals surface area (Å²) >= 11 is 0. The van der Waals surface area contributed by atoms with Gasteiger partial charge in [0, 0.05) is 13.1 Å². The number of nitrogens with one attached hydrogen (secondary N) is 1. The minimum atomic E-state index is 0.0496. The Labute approximate surface area is 171 Å². The molecule has 0 radical (unpaired) electrons. The Bertz CT molecular complexity index is 812. The molecule has 0 saturated carbocycles. The van der Waals surface area contributed by atoms with Crippen LogP contribution in [0.5, 0.6) is 11.5 Å². The summed E-state index contributed by atoms with van der Waals surface area (Å²) in [4.78, 5) is 14.6. The van der Waals surface area contributed by atoms with Crippen LogP contribution in [-0.2, 0) is 22.7 Å². The van der Waals surface area contributed by atoms with Gasteiger partial charge < -0.3 is 19.5 Å². The highest BCUT2D eigenvalue weighted by Crippen LogP contribution is 2.32. The first-order valence-electron chi connectivity index (χ1n) is 10.3. The molecule has 29 heavy (non-hydrogen) atoms. The number of fused-ring (bicyclic) bond motifs is 1. The lowest BCUT2D eigenvalue weighted by Crippen LogP contribution is -2.43. The van der Waals surface area contributed by atoms with Gasteiger partial charge in [0.15, 0.2) is 11.5 Å². The lowest BCUT2D eigenvalue weighted by molar-refractivity contribution is -0.123. The molecule has 2 heterocycles. The molecular weight excluding hydrogens is 368 g/mol. The van der Waals surface area contributed by atoms with E-state index >= 15 is 0 Å². The fraction of sp³-hybridized carbons (Fsp3) is 0.435. The molecule has 6 nitrogen and oxygen atoms in total. The topological polar surface area (TPSA) is 60.0 Å². The van der Waals surface area contributed by atoms with Gasteiger partial charge in [0.1, 0.15) is 0 Å². The second kappa shape index (κ2) is 9.76. The normalized spacial score (nSPS) is 18.6. The molecule has 0 aromatic heterocycles. The third-order valence-corrected chi connectivity index (χ3v) is 5.36. The molecule has 0 aliphatic carbocycles. The highest BCUT2D eigenvalue weighted by Gasteiger charge is 2.22. The molecule has 4 rings (SSSR count). The number of hydrogen-bond acceptors (Lipinski definition) is 5. The number of nitrogens with zero attached hydrogens (tertiary/aromatic N) is 1. The van der Waals surface area contributed by atoms with Crippen molar-refractivity contribution in [2.24, 2.45) is 5.92 Å². The van der Waals surface area contributed by atoms with Gasteiger partial charge in [-0.1, -0.05) is 36.4 Å². The lowest BCUT2D eigenvalue weighted by atomic mass is 9.99. The minimum absolute atomic E-state index is 0.0496. The third kappa shape index (κ3) is 5.71. The second-order valence-electron chi connectivity index (χ2n) is 7.71. The summed E-state index contributed by atoms with van der Waals surface area (Å²) in [6.45, 7) is 4.44. The van der Waals surface area contributed by atoms with Crippen LogP contribution < -0.4 is 14.8 Å². The smallest absolute Gasteiger partial charge is 0.234 e. The van der Waals surface area contributed by atoms with E-state index in [1.807, 2.05) is 36.4 Å². The average molecular weight is 396 g/mol. The van der Waals surface area contributed by atoms with E-state index in [-0.39, 0.29) is 12.7 Å².